The third kappa shape index (κ3) is 3.25. The van der Waals surface area contributed by atoms with Gasteiger partial charge in [-0.15, -0.1) is 0 Å². The van der Waals surface area contributed by atoms with E-state index in [1.807, 2.05) is 0 Å². The van der Waals surface area contributed by atoms with Crippen molar-refractivity contribution in [2.75, 3.05) is 0 Å². The van der Waals surface area contributed by atoms with Crippen LogP contribution in [0.15, 0.2) is 0 Å². The van der Waals surface area contributed by atoms with Crippen molar-refractivity contribution < 1.29 is 0 Å². The largest absolute Gasteiger partial charge is 0.0620 e. The van der Waals surface area contributed by atoms with Crippen molar-refractivity contribution in [2.45, 2.75) is 68.2 Å². The molecule has 0 nitrogen and oxygen atoms in total. The van der Waals surface area contributed by atoms with Crippen LogP contribution in [-0.2, 0) is 0 Å². The van der Waals surface area contributed by atoms with Gasteiger partial charge in [0.15, 0.2) is 0 Å². The molecule has 4 atom stereocenters. The average molecular weight is 224 g/mol. The Hall–Kier alpha value is 0. The van der Waals surface area contributed by atoms with Crippen LogP contribution >= 0.6 is 0 Å². The normalized spacial score (nSPS) is 36.8. The molecule has 16 heavy (non-hydrogen) atoms. The molecule has 0 spiro atoms. The average Bonchev–Trinajstić information content (AvgIpc) is 2.28. The molecule has 0 aliphatic heterocycles. The van der Waals surface area contributed by atoms with Crippen molar-refractivity contribution in [1.29, 1.82) is 0 Å². The summed E-state index contributed by atoms with van der Waals surface area (Å²) < 4.78 is 0. The highest BCUT2D eigenvalue weighted by molar-refractivity contribution is 4.93. The van der Waals surface area contributed by atoms with Crippen molar-refractivity contribution in [2.24, 2.45) is 34.5 Å². The van der Waals surface area contributed by atoms with Gasteiger partial charge in [0.25, 0.3) is 0 Å². The highest BCUT2D eigenvalue weighted by atomic mass is 14.5. The molecule has 1 aliphatic carbocycles. The van der Waals surface area contributed by atoms with E-state index < -0.39 is 0 Å². The lowest BCUT2D eigenvalue weighted by atomic mass is 9.74. The van der Waals surface area contributed by atoms with Gasteiger partial charge in [-0.1, -0.05) is 55.4 Å². The first-order valence-corrected chi connectivity index (χ1v) is 7.02. The molecule has 0 N–H and O–H groups in total. The smallest absolute Gasteiger partial charge is 0.0334 e. The molecule has 0 saturated heterocycles. The third-order valence-corrected chi connectivity index (χ3v) is 4.75. The molecule has 0 heteroatoms. The molecule has 0 amide bonds. The summed E-state index contributed by atoms with van der Waals surface area (Å²) in [4.78, 5) is 0. The summed E-state index contributed by atoms with van der Waals surface area (Å²) in [6.45, 7) is 19.4. The summed E-state index contributed by atoms with van der Waals surface area (Å²) in [5, 5.41) is 0. The zero-order chi connectivity index (χ0) is 12.7. The summed E-state index contributed by atoms with van der Waals surface area (Å²) in [5.41, 5.74) is 0.978. The second-order valence-corrected chi connectivity index (χ2v) is 8.45. The zero-order valence-corrected chi connectivity index (χ0v) is 12.7. The Morgan fingerprint density at radius 1 is 0.875 bits per heavy atom. The van der Waals surface area contributed by atoms with Crippen LogP contribution < -0.4 is 0 Å². The first-order chi connectivity index (χ1) is 7.02. The number of hydrogen-bond acceptors (Lipinski definition) is 0. The highest BCUT2D eigenvalue weighted by Crippen LogP contribution is 2.51. The minimum absolute atomic E-state index is 0.486. The van der Waals surface area contributed by atoms with Crippen molar-refractivity contribution in [1.82, 2.24) is 0 Å². The van der Waals surface area contributed by atoms with E-state index in [2.05, 4.69) is 55.4 Å². The maximum absolute atomic E-state index is 2.48. The topological polar surface area (TPSA) is 0 Å². The minimum atomic E-state index is 0.486. The van der Waals surface area contributed by atoms with Gasteiger partial charge in [-0.3, -0.25) is 0 Å². The van der Waals surface area contributed by atoms with Crippen LogP contribution in [0.1, 0.15) is 68.2 Å². The lowest BCUT2D eigenvalue weighted by molar-refractivity contribution is 0.181. The van der Waals surface area contributed by atoms with E-state index in [1.165, 1.54) is 12.8 Å². The van der Waals surface area contributed by atoms with E-state index in [-0.39, 0.29) is 0 Å². The number of rotatable bonds is 1. The molecule has 1 aliphatic rings. The Morgan fingerprint density at radius 3 is 1.69 bits per heavy atom. The highest BCUT2D eigenvalue weighted by Gasteiger charge is 2.43. The van der Waals surface area contributed by atoms with Gasteiger partial charge < -0.3 is 0 Å². The van der Waals surface area contributed by atoms with Gasteiger partial charge in [-0.05, 0) is 47.3 Å². The van der Waals surface area contributed by atoms with E-state index in [4.69, 9.17) is 0 Å². The monoisotopic (exact) mass is 224 g/mol. The predicted octanol–water partition coefficient (Wildman–Crippen LogP) is 5.38. The number of hydrogen-bond donors (Lipinski definition) is 0. The Balaban J connectivity index is 2.72. The summed E-state index contributed by atoms with van der Waals surface area (Å²) in [7, 11) is 0. The minimum Gasteiger partial charge on any atom is -0.0620 e. The fraction of sp³-hybridized carbons (Fsp3) is 1.00. The fourth-order valence-corrected chi connectivity index (χ4v) is 3.75. The van der Waals surface area contributed by atoms with Crippen LogP contribution in [0.25, 0.3) is 0 Å². The van der Waals surface area contributed by atoms with Gasteiger partial charge >= 0.3 is 0 Å². The second kappa shape index (κ2) is 4.35. The molecule has 0 heterocycles. The van der Waals surface area contributed by atoms with E-state index >= 15 is 0 Å². The summed E-state index contributed by atoms with van der Waals surface area (Å²) >= 11 is 0. The van der Waals surface area contributed by atoms with Gasteiger partial charge in [0, 0.05) is 0 Å². The molecular formula is C16H32. The maximum Gasteiger partial charge on any atom is -0.0334 e. The summed E-state index contributed by atoms with van der Waals surface area (Å²) in [6.07, 6.45) is 2.84. The Morgan fingerprint density at radius 2 is 1.38 bits per heavy atom. The summed E-state index contributed by atoms with van der Waals surface area (Å²) in [5.74, 6) is 3.66. The summed E-state index contributed by atoms with van der Waals surface area (Å²) in [6, 6.07) is 0. The molecular weight excluding hydrogens is 192 g/mol. The molecule has 1 fully saturated rings. The van der Waals surface area contributed by atoms with Gasteiger partial charge in [-0.2, -0.15) is 0 Å². The molecule has 1 saturated carbocycles. The SMILES string of the molecule is CC1C(CC(C)(C)C)CC(C(C)(C)C)C1C. The lowest BCUT2D eigenvalue weighted by Gasteiger charge is -2.31. The molecule has 4 unspecified atom stereocenters. The standard InChI is InChI=1S/C16H32/c1-11-12(2)14(16(6,7)8)9-13(11)10-15(3,4)5/h11-14H,9-10H2,1-8H3. The van der Waals surface area contributed by atoms with Crippen LogP contribution in [0, 0.1) is 34.5 Å². The van der Waals surface area contributed by atoms with E-state index in [0.717, 1.165) is 23.7 Å². The van der Waals surface area contributed by atoms with Crippen molar-refractivity contribution in [3.05, 3.63) is 0 Å². The first kappa shape index (κ1) is 14.1. The molecule has 1 rings (SSSR count). The molecule has 0 bridgehead atoms. The van der Waals surface area contributed by atoms with Gasteiger partial charge in [0.05, 0.1) is 0 Å². The van der Waals surface area contributed by atoms with E-state index in [1.54, 1.807) is 0 Å². The van der Waals surface area contributed by atoms with Crippen molar-refractivity contribution in [3.8, 4) is 0 Å². The Labute approximate surface area is 103 Å². The Kier molecular flexibility index (Phi) is 3.82. The fourth-order valence-electron chi connectivity index (χ4n) is 3.75. The van der Waals surface area contributed by atoms with E-state index in [0.29, 0.717) is 10.8 Å². The van der Waals surface area contributed by atoms with Crippen LogP contribution in [0.3, 0.4) is 0 Å². The van der Waals surface area contributed by atoms with Crippen LogP contribution in [0.2, 0.25) is 0 Å². The molecule has 0 aromatic rings. The molecule has 0 aromatic heterocycles. The van der Waals surface area contributed by atoms with Crippen molar-refractivity contribution in [3.63, 3.8) is 0 Å². The van der Waals surface area contributed by atoms with Crippen LogP contribution in [0.4, 0.5) is 0 Å². The van der Waals surface area contributed by atoms with Crippen LogP contribution in [0.5, 0.6) is 0 Å². The molecule has 0 radical (unpaired) electrons. The van der Waals surface area contributed by atoms with Crippen LogP contribution in [-0.4, -0.2) is 0 Å². The van der Waals surface area contributed by atoms with Gasteiger partial charge in [0.1, 0.15) is 0 Å². The second-order valence-electron chi connectivity index (χ2n) is 8.45. The first-order valence-electron chi connectivity index (χ1n) is 7.02. The quantitative estimate of drug-likeness (QED) is 0.561. The lowest BCUT2D eigenvalue weighted by Crippen LogP contribution is -2.23. The van der Waals surface area contributed by atoms with E-state index in [9.17, 15) is 0 Å². The third-order valence-electron chi connectivity index (χ3n) is 4.75. The zero-order valence-electron chi connectivity index (χ0n) is 12.7. The predicted molar refractivity (Wildman–Crippen MR) is 73.5 cm³/mol. The van der Waals surface area contributed by atoms with Gasteiger partial charge in [0.2, 0.25) is 0 Å². The maximum atomic E-state index is 2.48. The molecule has 96 valence electrons. The Bertz CT molecular complexity index is 225. The van der Waals surface area contributed by atoms with Gasteiger partial charge in [-0.25, -0.2) is 0 Å². The molecule has 0 aromatic carbocycles. The van der Waals surface area contributed by atoms with Crippen molar-refractivity contribution >= 4 is 0 Å².